The SMILES string of the molecule is CN(C)C(=O)c1ccccc1NCC(=O)Nc1ccc(Cl)c(Cl)c1. The van der Waals surface area contributed by atoms with Crippen LogP contribution >= 0.6 is 23.2 Å². The Morgan fingerprint density at radius 1 is 1.04 bits per heavy atom. The molecule has 0 saturated carbocycles. The van der Waals surface area contributed by atoms with E-state index in [1.54, 1.807) is 56.6 Å². The van der Waals surface area contributed by atoms with Crippen molar-refractivity contribution in [2.75, 3.05) is 31.3 Å². The van der Waals surface area contributed by atoms with Gasteiger partial charge in [-0.3, -0.25) is 9.59 Å². The smallest absolute Gasteiger partial charge is 0.255 e. The van der Waals surface area contributed by atoms with Crippen LogP contribution in [0.1, 0.15) is 10.4 Å². The van der Waals surface area contributed by atoms with E-state index in [1.807, 2.05) is 0 Å². The van der Waals surface area contributed by atoms with Gasteiger partial charge in [0.1, 0.15) is 0 Å². The summed E-state index contributed by atoms with van der Waals surface area (Å²) in [7, 11) is 3.35. The molecule has 2 rings (SSSR count). The quantitative estimate of drug-likeness (QED) is 0.847. The molecule has 0 aliphatic carbocycles. The molecule has 0 atom stereocenters. The number of nitrogens with one attached hydrogen (secondary N) is 2. The molecule has 0 fully saturated rings. The van der Waals surface area contributed by atoms with Gasteiger partial charge in [0.15, 0.2) is 0 Å². The molecule has 126 valence electrons. The van der Waals surface area contributed by atoms with Crippen molar-refractivity contribution < 1.29 is 9.59 Å². The van der Waals surface area contributed by atoms with E-state index in [0.717, 1.165) is 0 Å². The van der Waals surface area contributed by atoms with Crippen LogP contribution < -0.4 is 10.6 Å². The van der Waals surface area contributed by atoms with Crippen molar-refractivity contribution in [3.8, 4) is 0 Å². The molecule has 0 heterocycles. The second-order valence-corrected chi connectivity index (χ2v) is 6.09. The molecular formula is C17H17Cl2N3O2. The number of para-hydroxylation sites is 1. The van der Waals surface area contributed by atoms with Gasteiger partial charge in [-0.05, 0) is 30.3 Å². The molecule has 2 aromatic carbocycles. The standard InChI is InChI=1S/C17H17Cl2N3O2/c1-22(2)17(24)12-5-3-4-6-15(12)20-10-16(23)21-11-7-8-13(18)14(19)9-11/h3-9,20H,10H2,1-2H3,(H,21,23). The van der Waals surface area contributed by atoms with Gasteiger partial charge in [0, 0.05) is 25.5 Å². The predicted octanol–water partition coefficient (Wildman–Crippen LogP) is 3.75. The Morgan fingerprint density at radius 2 is 1.75 bits per heavy atom. The first kappa shape index (κ1) is 18.1. The van der Waals surface area contributed by atoms with Gasteiger partial charge in [-0.1, -0.05) is 35.3 Å². The number of benzene rings is 2. The van der Waals surface area contributed by atoms with E-state index in [1.165, 1.54) is 4.90 Å². The molecule has 0 bridgehead atoms. The number of rotatable bonds is 5. The summed E-state index contributed by atoms with van der Waals surface area (Å²) in [6, 6.07) is 11.9. The fourth-order valence-corrected chi connectivity index (χ4v) is 2.32. The molecule has 2 aromatic rings. The zero-order valence-corrected chi connectivity index (χ0v) is 14.8. The van der Waals surface area contributed by atoms with Crippen molar-refractivity contribution in [1.82, 2.24) is 4.90 Å². The number of anilines is 2. The minimum Gasteiger partial charge on any atom is -0.376 e. The average Bonchev–Trinajstić information content (AvgIpc) is 2.56. The first-order valence-electron chi connectivity index (χ1n) is 7.18. The van der Waals surface area contributed by atoms with Crippen LogP contribution in [0.4, 0.5) is 11.4 Å². The van der Waals surface area contributed by atoms with Crippen LogP contribution in [0, 0.1) is 0 Å². The van der Waals surface area contributed by atoms with E-state index in [4.69, 9.17) is 23.2 Å². The minimum absolute atomic E-state index is 0.0119. The lowest BCUT2D eigenvalue weighted by Crippen LogP contribution is -2.25. The van der Waals surface area contributed by atoms with Crippen LogP contribution in [0.25, 0.3) is 0 Å². The van der Waals surface area contributed by atoms with Gasteiger partial charge < -0.3 is 15.5 Å². The predicted molar refractivity (Wildman–Crippen MR) is 98.0 cm³/mol. The molecular weight excluding hydrogens is 349 g/mol. The zero-order valence-electron chi connectivity index (χ0n) is 13.3. The molecule has 0 aliphatic rings. The summed E-state index contributed by atoms with van der Waals surface area (Å²) in [6.07, 6.45) is 0. The Bertz CT molecular complexity index is 763. The molecule has 7 heteroatoms. The molecule has 5 nitrogen and oxygen atoms in total. The number of carbonyl (C=O) groups is 2. The van der Waals surface area contributed by atoms with Crippen molar-refractivity contribution in [1.29, 1.82) is 0 Å². The fourth-order valence-electron chi connectivity index (χ4n) is 2.02. The number of halogens is 2. The Kier molecular flexibility index (Phi) is 6.06. The van der Waals surface area contributed by atoms with Crippen LogP contribution in [0.5, 0.6) is 0 Å². The first-order chi connectivity index (χ1) is 11.4. The maximum Gasteiger partial charge on any atom is 0.255 e. The highest BCUT2D eigenvalue weighted by Crippen LogP contribution is 2.25. The first-order valence-corrected chi connectivity index (χ1v) is 7.93. The van der Waals surface area contributed by atoms with Gasteiger partial charge in [0.25, 0.3) is 5.91 Å². The maximum atomic E-state index is 12.1. The number of hydrogen-bond donors (Lipinski definition) is 2. The lowest BCUT2D eigenvalue weighted by molar-refractivity contribution is -0.114. The Hall–Kier alpha value is -2.24. The summed E-state index contributed by atoms with van der Waals surface area (Å²) < 4.78 is 0. The second kappa shape index (κ2) is 8.04. The lowest BCUT2D eigenvalue weighted by Gasteiger charge is -2.15. The van der Waals surface area contributed by atoms with E-state index in [2.05, 4.69) is 10.6 Å². The van der Waals surface area contributed by atoms with Gasteiger partial charge in [-0.2, -0.15) is 0 Å². The summed E-state index contributed by atoms with van der Waals surface area (Å²) in [5.74, 6) is -0.400. The van der Waals surface area contributed by atoms with Crippen LogP contribution in [-0.4, -0.2) is 37.4 Å². The van der Waals surface area contributed by atoms with Gasteiger partial charge in [0.2, 0.25) is 5.91 Å². The minimum atomic E-state index is -0.263. The van der Waals surface area contributed by atoms with Crippen LogP contribution in [-0.2, 0) is 4.79 Å². The van der Waals surface area contributed by atoms with E-state index < -0.39 is 0 Å². The number of carbonyl (C=O) groups excluding carboxylic acids is 2. The van der Waals surface area contributed by atoms with Gasteiger partial charge >= 0.3 is 0 Å². The van der Waals surface area contributed by atoms with Crippen molar-refractivity contribution in [3.05, 3.63) is 58.1 Å². The topological polar surface area (TPSA) is 61.4 Å². The third-order valence-corrected chi connectivity index (χ3v) is 3.95. The second-order valence-electron chi connectivity index (χ2n) is 5.28. The fraction of sp³-hybridized carbons (Fsp3) is 0.176. The molecule has 0 spiro atoms. The van der Waals surface area contributed by atoms with Crippen LogP contribution in [0.15, 0.2) is 42.5 Å². The van der Waals surface area contributed by atoms with Gasteiger partial charge in [-0.25, -0.2) is 0 Å². The summed E-state index contributed by atoms with van der Waals surface area (Å²) in [4.78, 5) is 25.7. The van der Waals surface area contributed by atoms with Crippen molar-refractivity contribution in [2.24, 2.45) is 0 Å². The summed E-state index contributed by atoms with van der Waals surface area (Å²) >= 11 is 11.8. The van der Waals surface area contributed by atoms with Gasteiger partial charge in [0.05, 0.1) is 22.2 Å². The van der Waals surface area contributed by atoms with Crippen molar-refractivity contribution >= 4 is 46.4 Å². The molecule has 0 radical (unpaired) electrons. The summed E-state index contributed by atoms with van der Waals surface area (Å²) in [5.41, 5.74) is 1.65. The summed E-state index contributed by atoms with van der Waals surface area (Å²) in [5, 5.41) is 6.47. The Morgan fingerprint density at radius 3 is 2.42 bits per heavy atom. The summed E-state index contributed by atoms with van der Waals surface area (Å²) in [6.45, 7) is 0.0119. The number of amides is 2. The van der Waals surface area contributed by atoms with E-state index >= 15 is 0 Å². The maximum absolute atomic E-state index is 12.1. The monoisotopic (exact) mass is 365 g/mol. The Labute approximate surface area is 150 Å². The van der Waals surface area contributed by atoms with Crippen LogP contribution in [0.3, 0.4) is 0 Å². The highest BCUT2D eigenvalue weighted by Gasteiger charge is 2.13. The molecule has 0 aromatic heterocycles. The normalized spacial score (nSPS) is 10.2. The third-order valence-electron chi connectivity index (χ3n) is 3.21. The van der Waals surface area contributed by atoms with Crippen molar-refractivity contribution in [3.63, 3.8) is 0 Å². The molecule has 2 amide bonds. The number of nitrogens with zero attached hydrogens (tertiary/aromatic N) is 1. The van der Waals surface area contributed by atoms with Gasteiger partial charge in [-0.15, -0.1) is 0 Å². The highest BCUT2D eigenvalue weighted by atomic mass is 35.5. The Balaban J connectivity index is 2.01. The molecule has 0 aliphatic heterocycles. The molecule has 24 heavy (non-hydrogen) atoms. The highest BCUT2D eigenvalue weighted by molar-refractivity contribution is 6.42. The van der Waals surface area contributed by atoms with Crippen molar-refractivity contribution in [2.45, 2.75) is 0 Å². The van der Waals surface area contributed by atoms with E-state index in [0.29, 0.717) is 27.0 Å². The molecule has 2 N–H and O–H groups in total. The largest absolute Gasteiger partial charge is 0.376 e. The lowest BCUT2D eigenvalue weighted by atomic mass is 10.1. The molecule has 0 unspecified atom stereocenters. The third kappa shape index (κ3) is 4.63. The van der Waals surface area contributed by atoms with E-state index in [9.17, 15) is 9.59 Å². The van der Waals surface area contributed by atoms with Crippen LogP contribution in [0.2, 0.25) is 10.0 Å². The average molecular weight is 366 g/mol. The zero-order chi connectivity index (χ0) is 17.7. The number of hydrogen-bond acceptors (Lipinski definition) is 3. The van der Waals surface area contributed by atoms with E-state index in [-0.39, 0.29) is 18.4 Å². The molecule has 0 saturated heterocycles.